The van der Waals surface area contributed by atoms with E-state index >= 15 is 0 Å². The Morgan fingerprint density at radius 1 is 1.09 bits per heavy atom. The number of amides is 1. The van der Waals surface area contributed by atoms with Crippen molar-refractivity contribution in [3.05, 3.63) is 83.0 Å². The monoisotopic (exact) mass is 341 g/mol. The second-order valence-corrected chi connectivity index (χ2v) is 6.46. The molecule has 3 rings (SSSR count). The van der Waals surface area contributed by atoms with E-state index in [0.29, 0.717) is 14.9 Å². The zero-order chi connectivity index (χ0) is 16.2. The molecule has 2 aromatic rings. The molecule has 0 atom stereocenters. The lowest BCUT2D eigenvalue weighted by atomic mass is 10.2. The first kappa shape index (κ1) is 15.6. The molecule has 0 aromatic heterocycles. The highest BCUT2D eigenvalue weighted by molar-refractivity contribution is 8.27. The van der Waals surface area contributed by atoms with Crippen LogP contribution < -0.4 is 4.90 Å². The molecule has 23 heavy (non-hydrogen) atoms. The maximum atomic E-state index is 13.3. The van der Waals surface area contributed by atoms with Crippen molar-refractivity contribution in [2.24, 2.45) is 0 Å². The summed E-state index contributed by atoms with van der Waals surface area (Å²) in [4.78, 5) is 14.3. The molecule has 2 aromatic carbocycles. The van der Waals surface area contributed by atoms with Crippen LogP contribution in [-0.4, -0.2) is 10.2 Å². The van der Waals surface area contributed by atoms with Crippen molar-refractivity contribution in [3.63, 3.8) is 0 Å². The number of carbonyl (C=O) groups is 1. The van der Waals surface area contributed by atoms with Crippen LogP contribution in [0.25, 0.3) is 6.08 Å². The molecule has 1 aliphatic heterocycles. The van der Waals surface area contributed by atoms with Gasteiger partial charge in [0.2, 0.25) is 0 Å². The number of thiocarbonyl (C=S) groups is 1. The van der Waals surface area contributed by atoms with E-state index in [-0.39, 0.29) is 5.91 Å². The molecule has 5 heteroatoms. The highest BCUT2D eigenvalue weighted by Crippen LogP contribution is 2.35. The molecular formula is C18H12FNOS2. The molecule has 1 heterocycles. The minimum Gasteiger partial charge on any atom is -0.268 e. The topological polar surface area (TPSA) is 20.3 Å². The van der Waals surface area contributed by atoms with Crippen LogP contribution in [0.15, 0.2) is 71.7 Å². The Kier molecular flexibility index (Phi) is 4.69. The number of anilines is 1. The predicted molar refractivity (Wildman–Crippen MR) is 97.6 cm³/mol. The number of hydrogen-bond acceptors (Lipinski definition) is 3. The molecule has 0 unspecified atom stereocenters. The van der Waals surface area contributed by atoms with E-state index in [9.17, 15) is 9.18 Å². The summed E-state index contributed by atoms with van der Waals surface area (Å²) in [6, 6.07) is 15.6. The molecule has 0 aliphatic carbocycles. The zero-order valence-electron chi connectivity index (χ0n) is 12.0. The van der Waals surface area contributed by atoms with Gasteiger partial charge in [0.25, 0.3) is 5.91 Å². The van der Waals surface area contributed by atoms with Crippen LogP contribution in [0.2, 0.25) is 0 Å². The zero-order valence-corrected chi connectivity index (χ0v) is 13.6. The maximum absolute atomic E-state index is 13.3. The molecule has 1 fully saturated rings. The summed E-state index contributed by atoms with van der Waals surface area (Å²) in [5, 5.41) is 0. The summed E-state index contributed by atoms with van der Waals surface area (Å²) >= 11 is 6.46. The molecule has 1 saturated heterocycles. The Bertz CT molecular complexity index is 815. The second-order valence-electron chi connectivity index (χ2n) is 4.79. The average molecular weight is 341 g/mol. The molecule has 2 nitrogen and oxygen atoms in total. The first-order chi connectivity index (χ1) is 11.1. The Labute approximate surface area is 143 Å². The summed E-state index contributed by atoms with van der Waals surface area (Å²) in [7, 11) is 0. The first-order valence-electron chi connectivity index (χ1n) is 6.90. The molecule has 0 N–H and O–H groups in total. The van der Waals surface area contributed by atoms with Gasteiger partial charge in [-0.25, -0.2) is 4.39 Å². The Balaban J connectivity index is 1.81. The summed E-state index contributed by atoms with van der Waals surface area (Å²) in [5.41, 5.74) is 1.49. The SMILES string of the molecule is O=C1/C(=C/C=C/c2ccccc2)SC(=S)N1c1cccc(F)c1. The van der Waals surface area contributed by atoms with Gasteiger partial charge in [0, 0.05) is 0 Å². The Hall–Kier alpha value is -2.24. The van der Waals surface area contributed by atoms with Crippen molar-refractivity contribution in [3.8, 4) is 0 Å². The molecule has 114 valence electrons. The summed E-state index contributed by atoms with van der Waals surface area (Å²) < 4.78 is 13.8. The van der Waals surface area contributed by atoms with Crippen LogP contribution in [0.3, 0.4) is 0 Å². The van der Waals surface area contributed by atoms with Crippen molar-refractivity contribution in [1.82, 2.24) is 0 Å². The lowest BCUT2D eigenvalue weighted by molar-refractivity contribution is -0.113. The van der Waals surface area contributed by atoms with Gasteiger partial charge in [-0.2, -0.15) is 0 Å². The van der Waals surface area contributed by atoms with Gasteiger partial charge >= 0.3 is 0 Å². The van der Waals surface area contributed by atoms with E-state index in [0.717, 1.165) is 5.56 Å². The van der Waals surface area contributed by atoms with Crippen molar-refractivity contribution < 1.29 is 9.18 Å². The van der Waals surface area contributed by atoms with Gasteiger partial charge in [0.1, 0.15) is 5.82 Å². The third kappa shape index (κ3) is 3.57. The molecule has 1 aliphatic rings. The van der Waals surface area contributed by atoms with E-state index < -0.39 is 5.82 Å². The standard InChI is InChI=1S/C18H12FNOS2/c19-14-9-5-10-15(12-14)20-17(21)16(23-18(20)22)11-4-8-13-6-2-1-3-7-13/h1-12H/b8-4+,16-11-. The highest BCUT2D eigenvalue weighted by Gasteiger charge is 2.32. The van der Waals surface area contributed by atoms with Gasteiger partial charge in [-0.3, -0.25) is 9.69 Å². The van der Waals surface area contributed by atoms with Gasteiger partial charge in [-0.05, 0) is 29.8 Å². The molecule has 1 amide bonds. The van der Waals surface area contributed by atoms with Crippen molar-refractivity contribution in [1.29, 1.82) is 0 Å². The fraction of sp³-hybridized carbons (Fsp3) is 0. The predicted octanol–water partition coefficient (Wildman–Crippen LogP) is 4.79. The molecular weight excluding hydrogens is 329 g/mol. The molecule has 0 spiro atoms. The third-order valence-electron chi connectivity index (χ3n) is 3.20. The number of rotatable bonds is 3. The Morgan fingerprint density at radius 3 is 2.61 bits per heavy atom. The minimum absolute atomic E-state index is 0.233. The van der Waals surface area contributed by atoms with Gasteiger partial charge in [0.05, 0.1) is 10.6 Å². The fourth-order valence-corrected chi connectivity index (χ4v) is 3.38. The number of benzene rings is 2. The largest absolute Gasteiger partial charge is 0.270 e. The number of hydrogen-bond donors (Lipinski definition) is 0. The van der Waals surface area contributed by atoms with E-state index in [4.69, 9.17) is 12.2 Å². The van der Waals surface area contributed by atoms with Gasteiger partial charge in [-0.15, -0.1) is 0 Å². The summed E-state index contributed by atoms with van der Waals surface area (Å²) in [6.07, 6.45) is 5.45. The third-order valence-corrected chi connectivity index (χ3v) is 4.52. The highest BCUT2D eigenvalue weighted by atomic mass is 32.2. The summed E-state index contributed by atoms with van der Waals surface area (Å²) in [5.74, 6) is -0.632. The van der Waals surface area contributed by atoms with Gasteiger partial charge in [-0.1, -0.05) is 72.5 Å². The fourth-order valence-electron chi connectivity index (χ4n) is 2.13. The second kappa shape index (κ2) is 6.89. The van der Waals surface area contributed by atoms with Crippen LogP contribution in [-0.2, 0) is 4.79 Å². The number of carbonyl (C=O) groups excluding carboxylic acids is 1. The van der Waals surface area contributed by atoms with Crippen molar-refractivity contribution in [2.45, 2.75) is 0 Å². The van der Waals surface area contributed by atoms with Crippen LogP contribution in [0, 0.1) is 5.82 Å². The van der Waals surface area contributed by atoms with Crippen LogP contribution in [0.1, 0.15) is 5.56 Å². The van der Waals surface area contributed by atoms with Crippen molar-refractivity contribution >= 4 is 46.0 Å². The smallest absolute Gasteiger partial charge is 0.268 e. The molecule has 0 saturated carbocycles. The molecule has 0 radical (unpaired) electrons. The number of halogens is 1. The van der Waals surface area contributed by atoms with E-state index in [1.54, 1.807) is 18.2 Å². The number of nitrogens with zero attached hydrogens (tertiary/aromatic N) is 1. The van der Waals surface area contributed by atoms with E-state index in [1.165, 1.54) is 28.8 Å². The Morgan fingerprint density at radius 2 is 1.87 bits per heavy atom. The summed E-state index contributed by atoms with van der Waals surface area (Å²) in [6.45, 7) is 0. The van der Waals surface area contributed by atoms with E-state index in [2.05, 4.69) is 0 Å². The lowest BCUT2D eigenvalue weighted by Gasteiger charge is -2.14. The van der Waals surface area contributed by atoms with Gasteiger partial charge in [0.15, 0.2) is 4.32 Å². The van der Waals surface area contributed by atoms with E-state index in [1.807, 2.05) is 42.5 Å². The van der Waals surface area contributed by atoms with Crippen LogP contribution in [0.4, 0.5) is 10.1 Å². The van der Waals surface area contributed by atoms with Crippen molar-refractivity contribution in [2.75, 3.05) is 4.90 Å². The molecule has 0 bridgehead atoms. The average Bonchev–Trinajstić information content (AvgIpc) is 2.82. The lowest BCUT2D eigenvalue weighted by Crippen LogP contribution is -2.27. The maximum Gasteiger partial charge on any atom is 0.270 e. The first-order valence-corrected chi connectivity index (χ1v) is 8.13. The van der Waals surface area contributed by atoms with Crippen LogP contribution >= 0.6 is 24.0 Å². The number of allylic oxidation sites excluding steroid dienone is 2. The minimum atomic E-state index is -0.399. The normalized spacial score (nSPS) is 16.7. The quantitative estimate of drug-likeness (QED) is 0.591. The van der Waals surface area contributed by atoms with Gasteiger partial charge < -0.3 is 0 Å². The van der Waals surface area contributed by atoms with Crippen LogP contribution in [0.5, 0.6) is 0 Å². The number of thioether (sulfide) groups is 1.